The molecule has 1 saturated carbocycles. The minimum absolute atomic E-state index is 0.0826. The third-order valence-electron chi connectivity index (χ3n) is 7.63. The molecule has 1 amide bonds. The van der Waals surface area contributed by atoms with E-state index in [0.717, 1.165) is 18.3 Å². The van der Waals surface area contributed by atoms with Gasteiger partial charge in [0.1, 0.15) is 0 Å². The summed E-state index contributed by atoms with van der Waals surface area (Å²) < 4.78 is 5.15. The highest BCUT2D eigenvalue weighted by Gasteiger charge is 2.46. The first-order chi connectivity index (χ1) is 13.6. The van der Waals surface area contributed by atoms with E-state index in [0.29, 0.717) is 6.61 Å². The van der Waals surface area contributed by atoms with E-state index < -0.39 is 0 Å². The first kappa shape index (κ1) is 19.8. The van der Waals surface area contributed by atoms with Crippen molar-refractivity contribution in [3.63, 3.8) is 0 Å². The number of carbonyl (C=O) groups is 1. The van der Waals surface area contributed by atoms with Gasteiger partial charge < -0.3 is 15.0 Å². The number of rotatable bonds is 5. The van der Waals surface area contributed by atoms with E-state index in [1.165, 1.54) is 69.3 Å². The molecule has 2 fully saturated rings. The van der Waals surface area contributed by atoms with Crippen LogP contribution in [0, 0.1) is 11.8 Å². The maximum atomic E-state index is 12.0. The fraction of sp³-hybridized carbons (Fsp3) is 0.708. The van der Waals surface area contributed by atoms with Gasteiger partial charge in [-0.15, -0.1) is 0 Å². The Labute approximate surface area is 170 Å². The minimum Gasteiger partial charge on any atom is -0.450 e. The molecule has 0 radical (unpaired) electrons. The van der Waals surface area contributed by atoms with Gasteiger partial charge in [-0.1, -0.05) is 56.9 Å². The highest BCUT2D eigenvalue weighted by Crippen LogP contribution is 2.50. The molecule has 1 N–H and O–H groups in total. The first-order valence-corrected chi connectivity index (χ1v) is 11.4. The molecule has 1 heterocycles. The Balaban J connectivity index is 1.40. The fourth-order valence-electron chi connectivity index (χ4n) is 6.06. The van der Waals surface area contributed by atoms with E-state index in [1.54, 1.807) is 0 Å². The Morgan fingerprint density at radius 1 is 1.25 bits per heavy atom. The third kappa shape index (κ3) is 3.94. The van der Waals surface area contributed by atoms with E-state index in [9.17, 15) is 4.79 Å². The van der Waals surface area contributed by atoms with Gasteiger partial charge in [0.25, 0.3) is 0 Å². The van der Waals surface area contributed by atoms with Gasteiger partial charge in [-0.05, 0) is 62.2 Å². The molecule has 4 heteroatoms. The van der Waals surface area contributed by atoms with Crippen LogP contribution in [0.5, 0.6) is 0 Å². The topological polar surface area (TPSA) is 41.6 Å². The van der Waals surface area contributed by atoms with Crippen LogP contribution in [0.2, 0.25) is 0 Å². The molecule has 1 aromatic carbocycles. The number of nitrogens with zero attached hydrogens (tertiary/aromatic N) is 1. The lowest BCUT2D eigenvalue weighted by molar-refractivity contribution is 0.120. The number of piperidine rings is 1. The Bertz CT molecular complexity index is 675. The van der Waals surface area contributed by atoms with Crippen molar-refractivity contribution >= 4 is 6.09 Å². The van der Waals surface area contributed by atoms with Crippen molar-refractivity contribution in [1.29, 1.82) is 0 Å². The maximum absolute atomic E-state index is 12.0. The second-order valence-corrected chi connectivity index (χ2v) is 9.31. The molecule has 154 valence electrons. The van der Waals surface area contributed by atoms with Crippen LogP contribution in [0.4, 0.5) is 4.79 Å². The summed E-state index contributed by atoms with van der Waals surface area (Å²) in [5, 5.41) is 3.11. The number of carbonyl (C=O) groups excluding carboxylic acids is 1. The second kappa shape index (κ2) is 8.44. The molecule has 1 spiro atoms. The van der Waals surface area contributed by atoms with E-state index in [1.807, 2.05) is 6.92 Å². The number of hydrogen-bond acceptors (Lipinski definition) is 3. The van der Waals surface area contributed by atoms with Crippen molar-refractivity contribution in [1.82, 2.24) is 10.2 Å². The van der Waals surface area contributed by atoms with Gasteiger partial charge >= 0.3 is 6.09 Å². The van der Waals surface area contributed by atoms with Crippen molar-refractivity contribution in [2.45, 2.75) is 70.3 Å². The Morgan fingerprint density at radius 2 is 1.96 bits per heavy atom. The summed E-state index contributed by atoms with van der Waals surface area (Å²) in [7, 11) is 0. The normalized spacial score (nSPS) is 25.6. The van der Waals surface area contributed by atoms with E-state index in [-0.39, 0.29) is 17.6 Å². The molecule has 1 saturated heterocycles. The number of amides is 1. The fourth-order valence-corrected chi connectivity index (χ4v) is 6.06. The molecular weight excluding hydrogens is 348 g/mol. The van der Waals surface area contributed by atoms with Crippen LogP contribution in [0.1, 0.15) is 76.0 Å². The van der Waals surface area contributed by atoms with Crippen molar-refractivity contribution in [2.75, 3.05) is 26.2 Å². The number of ether oxygens (including phenoxy) is 1. The number of nitrogens with one attached hydrogen (secondary N) is 1. The van der Waals surface area contributed by atoms with Gasteiger partial charge in [0.2, 0.25) is 0 Å². The van der Waals surface area contributed by atoms with Crippen LogP contribution in [0.25, 0.3) is 0 Å². The van der Waals surface area contributed by atoms with Crippen LogP contribution in [0.15, 0.2) is 24.3 Å². The number of alkyl carbamates (subject to hydrolysis) is 1. The van der Waals surface area contributed by atoms with Crippen molar-refractivity contribution < 1.29 is 9.53 Å². The lowest BCUT2D eigenvalue weighted by Crippen LogP contribution is -2.44. The van der Waals surface area contributed by atoms with Gasteiger partial charge in [0.15, 0.2) is 0 Å². The zero-order chi connectivity index (χ0) is 19.6. The van der Waals surface area contributed by atoms with E-state index >= 15 is 0 Å². The monoisotopic (exact) mass is 384 g/mol. The largest absolute Gasteiger partial charge is 0.450 e. The van der Waals surface area contributed by atoms with Crippen molar-refractivity contribution in [2.24, 2.45) is 11.8 Å². The highest BCUT2D eigenvalue weighted by atomic mass is 16.5. The van der Waals surface area contributed by atoms with Crippen LogP contribution >= 0.6 is 0 Å². The minimum atomic E-state index is -0.290. The summed E-state index contributed by atoms with van der Waals surface area (Å²) in [6.45, 7) is 8.35. The molecule has 4 nitrogen and oxygen atoms in total. The molecule has 1 aromatic rings. The van der Waals surface area contributed by atoms with E-state index in [4.69, 9.17) is 4.74 Å². The Kier molecular flexibility index (Phi) is 5.96. The Morgan fingerprint density at radius 3 is 2.68 bits per heavy atom. The van der Waals surface area contributed by atoms with Gasteiger partial charge in [0.05, 0.1) is 12.6 Å². The summed E-state index contributed by atoms with van der Waals surface area (Å²) in [4.78, 5) is 14.7. The average molecular weight is 385 g/mol. The maximum Gasteiger partial charge on any atom is 0.407 e. The van der Waals surface area contributed by atoms with Crippen LogP contribution < -0.4 is 5.32 Å². The molecule has 2 atom stereocenters. The molecule has 2 aliphatic carbocycles. The SMILES string of the molecule is CCOC(=O)N[C@H]1CC2(CCN(C[C@@H](C)C3CCCC3)CC2)c2ccccc21. The smallest absolute Gasteiger partial charge is 0.407 e. The zero-order valence-electron chi connectivity index (χ0n) is 17.6. The summed E-state index contributed by atoms with van der Waals surface area (Å²) in [6, 6.07) is 8.81. The number of likely N-dealkylation sites (tertiary alicyclic amines) is 1. The molecule has 1 aliphatic heterocycles. The summed E-state index contributed by atoms with van der Waals surface area (Å²) >= 11 is 0. The van der Waals surface area contributed by atoms with Gasteiger partial charge in [-0.2, -0.15) is 0 Å². The number of benzene rings is 1. The molecular formula is C24H36N2O2. The molecule has 0 aromatic heterocycles. The lowest BCUT2D eigenvalue weighted by Gasteiger charge is -2.41. The molecule has 0 unspecified atom stereocenters. The van der Waals surface area contributed by atoms with Crippen LogP contribution in [0.3, 0.4) is 0 Å². The molecule has 4 rings (SSSR count). The second-order valence-electron chi connectivity index (χ2n) is 9.31. The quantitative estimate of drug-likeness (QED) is 0.773. The molecule has 3 aliphatic rings. The summed E-state index contributed by atoms with van der Waals surface area (Å²) in [5.74, 6) is 1.77. The van der Waals surface area contributed by atoms with Crippen molar-refractivity contribution in [3.05, 3.63) is 35.4 Å². The number of fused-ring (bicyclic) bond motifs is 2. The molecule has 0 bridgehead atoms. The van der Waals surface area contributed by atoms with Gasteiger partial charge in [0, 0.05) is 12.0 Å². The summed E-state index contributed by atoms with van der Waals surface area (Å²) in [6.07, 6.45) is 8.86. The standard InChI is InChI=1S/C24H36N2O2/c1-3-28-23(27)25-22-16-24(21-11-7-6-10-20(21)22)12-14-26(15-13-24)17-18(2)19-8-4-5-9-19/h6-7,10-11,18-19,22H,3-5,8-9,12-17H2,1-2H3,(H,25,27)/t18-,22+/m1/s1. The summed E-state index contributed by atoms with van der Waals surface area (Å²) in [5.41, 5.74) is 2.97. The van der Waals surface area contributed by atoms with Gasteiger partial charge in [-0.25, -0.2) is 4.79 Å². The van der Waals surface area contributed by atoms with Crippen LogP contribution in [-0.2, 0) is 10.2 Å². The number of hydrogen-bond donors (Lipinski definition) is 1. The average Bonchev–Trinajstić information content (AvgIpc) is 3.33. The third-order valence-corrected chi connectivity index (χ3v) is 7.63. The highest BCUT2D eigenvalue weighted by molar-refractivity contribution is 5.68. The van der Waals surface area contributed by atoms with Crippen molar-refractivity contribution in [3.8, 4) is 0 Å². The predicted octanol–water partition coefficient (Wildman–Crippen LogP) is 5.04. The molecule has 28 heavy (non-hydrogen) atoms. The predicted molar refractivity (Wildman–Crippen MR) is 112 cm³/mol. The lowest BCUT2D eigenvalue weighted by atomic mass is 9.73. The Hall–Kier alpha value is -1.55. The zero-order valence-corrected chi connectivity index (χ0v) is 17.6. The first-order valence-electron chi connectivity index (χ1n) is 11.4. The van der Waals surface area contributed by atoms with Gasteiger partial charge in [-0.3, -0.25) is 0 Å². The van der Waals surface area contributed by atoms with E-state index in [2.05, 4.69) is 41.4 Å². The van der Waals surface area contributed by atoms with Crippen LogP contribution in [-0.4, -0.2) is 37.2 Å².